The van der Waals surface area contributed by atoms with Crippen molar-refractivity contribution in [1.29, 1.82) is 0 Å². The number of benzene rings is 1. The molecule has 0 unspecified atom stereocenters. The van der Waals surface area contributed by atoms with Gasteiger partial charge in [0.25, 0.3) is 0 Å². The van der Waals surface area contributed by atoms with Crippen molar-refractivity contribution in [2.45, 2.75) is 12.0 Å². The Bertz CT molecular complexity index is 252. The second kappa shape index (κ2) is 4.61. The molecule has 1 aromatic carbocycles. The fourth-order valence-corrected chi connectivity index (χ4v) is 1.61. The first-order valence-electron chi connectivity index (χ1n) is 4.26. The molecule has 3 heteroatoms. The van der Waals surface area contributed by atoms with Gasteiger partial charge in [0.1, 0.15) is 0 Å². The van der Waals surface area contributed by atoms with Gasteiger partial charge < -0.3 is 10.5 Å². The van der Waals surface area contributed by atoms with Crippen molar-refractivity contribution < 1.29 is 4.74 Å². The molecule has 1 heterocycles. The molecule has 0 spiro atoms. The molecule has 0 saturated carbocycles. The van der Waals surface area contributed by atoms with E-state index in [1.54, 1.807) is 0 Å². The fraction of sp³-hybridized carbons (Fsp3) is 0.400. The zero-order valence-electron chi connectivity index (χ0n) is 7.35. The largest absolute Gasteiger partial charge is 0.379 e. The Labute approximate surface area is 84.5 Å². The number of ether oxygens (including phenoxy) is 1. The van der Waals surface area contributed by atoms with Crippen molar-refractivity contribution in [3.05, 3.63) is 35.9 Å². The van der Waals surface area contributed by atoms with E-state index in [4.69, 9.17) is 10.5 Å². The zero-order valence-corrected chi connectivity index (χ0v) is 8.17. The topological polar surface area (TPSA) is 35.2 Å². The lowest BCUT2D eigenvalue weighted by Gasteiger charge is -2.12. The molecule has 1 aliphatic heterocycles. The van der Waals surface area contributed by atoms with Crippen LogP contribution in [0.25, 0.3) is 0 Å². The number of rotatable bonds is 1. The van der Waals surface area contributed by atoms with E-state index < -0.39 is 0 Å². The average molecular weight is 200 g/mol. The Kier molecular flexibility index (Phi) is 3.72. The van der Waals surface area contributed by atoms with Crippen molar-refractivity contribution in [3.8, 4) is 0 Å². The monoisotopic (exact) mass is 199 g/mol. The zero-order chi connectivity index (χ0) is 8.39. The number of halogens is 1. The Morgan fingerprint density at radius 2 is 1.85 bits per heavy atom. The van der Waals surface area contributed by atoms with E-state index in [9.17, 15) is 0 Å². The van der Waals surface area contributed by atoms with Gasteiger partial charge in [0, 0.05) is 12.0 Å². The molecule has 1 aliphatic rings. The van der Waals surface area contributed by atoms with Crippen LogP contribution in [0.2, 0.25) is 0 Å². The third kappa shape index (κ3) is 2.21. The van der Waals surface area contributed by atoms with Crippen LogP contribution in [-0.2, 0) is 4.74 Å². The molecule has 13 heavy (non-hydrogen) atoms. The van der Waals surface area contributed by atoms with Gasteiger partial charge in [-0.25, -0.2) is 0 Å². The molecule has 72 valence electrons. The van der Waals surface area contributed by atoms with E-state index in [1.165, 1.54) is 5.56 Å². The molecule has 2 atom stereocenters. The summed E-state index contributed by atoms with van der Waals surface area (Å²) in [7, 11) is 0. The number of hydrogen-bond acceptors (Lipinski definition) is 2. The molecule has 2 N–H and O–H groups in total. The molecule has 0 radical (unpaired) electrons. The van der Waals surface area contributed by atoms with Gasteiger partial charge in [-0.2, -0.15) is 0 Å². The first kappa shape index (κ1) is 10.5. The van der Waals surface area contributed by atoms with Crippen LogP contribution in [-0.4, -0.2) is 19.3 Å². The van der Waals surface area contributed by atoms with Crippen LogP contribution in [0.5, 0.6) is 0 Å². The first-order chi connectivity index (χ1) is 5.88. The molecule has 2 nitrogen and oxygen atoms in total. The van der Waals surface area contributed by atoms with Gasteiger partial charge in [-0.05, 0) is 5.56 Å². The Morgan fingerprint density at radius 3 is 2.38 bits per heavy atom. The highest BCUT2D eigenvalue weighted by atomic mass is 35.5. The predicted octanol–water partition coefficient (Wildman–Crippen LogP) is 1.55. The van der Waals surface area contributed by atoms with Gasteiger partial charge in [-0.3, -0.25) is 0 Å². The van der Waals surface area contributed by atoms with Crippen molar-refractivity contribution in [1.82, 2.24) is 0 Å². The van der Waals surface area contributed by atoms with E-state index in [2.05, 4.69) is 12.1 Å². The maximum Gasteiger partial charge on any atom is 0.0624 e. The molecular weight excluding hydrogens is 186 g/mol. The van der Waals surface area contributed by atoms with Crippen molar-refractivity contribution in [2.75, 3.05) is 13.2 Å². The molecule has 0 aromatic heterocycles. The van der Waals surface area contributed by atoms with Crippen LogP contribution < -0.4 is 5.73 Å². The predicted molar refractivity (Wildman–Crippen MR) is 55.2 cm³/mol. The summed E-state index contributed by atoms with van der Waals surface area (Å²) in [4.78, 5) is 0. The van der Waals surface area contributed by atoms with Gasteiger partial charge in [0.05, 0.1) is 13.2 Å². The van der Waals surface area contributed by atoms with E-state index in [0.717, 1.165) is 6.61 Å². The van der Waals surface area contributed by atoms with Gasteiger partial charge in [0.15, 0.2) is 0 Å². The lowest BCUT2D eigenvalue weighted by atomic mass is 9.95. The van der Waals surface area contributed by atoms with Gasteiger partial charge in [-0.1, -0.05) is 30.3 Å². The highest BCUT2D eigenvalue weighted by molar-refractivity contribution is 5.85. The molecule has 0 aliphatic carbocycles. The van der Waals surface area contributed by atoms with E-state index >= 15 is 0 Å². The second-order valence-electron chi connectivity index (χ2n) is 3.22. The standard InChI is InChI=1S/C10H13NO.ClH/c11-10-7-12-6-9(10)8-4-2-1-3-5-8;/h1-5,9-10H,6-7,11H2;1H/t9-,10-;/m1./s1. The first-order valence-corrected chi connectivity index (χ1v) is 4.26. The van der Waals surface area contributed by atoms with E-state index in [-0.39, 0.29) is 18.4 Å². The van der Waals surface area contributed by atoms with Gasteiger partial charge in [0.2, 0.25) is 0 Å². The van der Waals surface area contributed by atoms with Crippen molar-refractivity contribution in [2.24, 2.45) is 5.73 Å². The van der Waals surface area contributed by atoms with Crippen molar-refractivity contribution in [3.63, 3.8) is 0 Å². The smallest absolute Gasteiger partial charge is 0.0624 e. The molecule has 0 bridgehead atoms. The van der Waals surface area contributed by atoms with Gasteiger partial charge in [-0.15, -0.1) is 12.4 Å². The van der Waals surface area contributed by atoms with Crippen LogP contribution in [0.3, 0.4) is 0 Å². The molecule has 2 rings (SSSR count). The summed E-state index contributed by atoms with van der Waals surface area (Å²) in [5.41, 5.74) is 7.18. The highest BCUT2D eigenvalue weighted by Crippen LogP contribution is 2.23. The summed E-state index contributed by atoms with van der Waals surface area (Å²) in [5, 5.41) is 0. The minimum absolute atomic E-state index is 0. The van der Waals surface area contributed by atoms with Crippen LogP contribution in [0.4, 0.5) is 0 Å². The normalized spacial score (nSPS) is 26.8. The minimum atomic E-state index is 0. The average Bonchev–Trinajstić information content (AvgIpc) is 2.53. The Hall–Kier alpha value is -0.570. The lowest BCUT2D eigenvalue weighted by molar-refractivity contribution is 0.191. The third-order valence-corrected chi connectivity index (χ3v) is 2.35. The molecule has 1 saturated heterocycles. The Balaban J connectivity index is 0.000000845. The number of hydrogen-bond donors (Lipinski definition) is 1. The summed E-state index contributed by atoms with van der Waals surface area (Å²) in [6.45, 7) is 1.46. The molecule has 0 amide bonds. The summed E-state index contributed by atoms with van der Waals surface area (Å²) in [5.74, 6) is 0.395. The van der Waals surface area contributed by atoms with Crippen LogP contribution >= 0.6 is 12.4 Å². The number of nitrogens with two attached hydrogens (primary N) is 1. The SMILES string of the molecule is Cl.N[C@@H]1COC[C@@H]1c1ccccc1. The minimum Gasteiger partial charge on any atom is -0.379 e. The maximum atomic E-state index is 5.89. The lowest BCUT2D eigenvalue weighted by Crippen LogP contribution is -2.26. The summed E-state index contributed by atoms with van der Waals surface area (Å²) < 4.78 is 5.30. The van der Waals surface area contributed by atoms with Crippen LogP contribution in [0.15, 0.2) is 30.3 Å². The van der Waals surface area contributed by atoms with E-state index in [0.29, 0.717) is 12.5 Å². The van der Waals surface area contributed by atoms with Crippen LogP contribution in [0, 0.1) is 0 Å². The summed E-state index contributed by atoms with van der Waals surface area (Å²) >= 11 is 0. The summed E-state index contributed by atoms with van der Waals surface area (Å²) in [6, 6.07) is 10.5. The fourth-order valence-electron chi connectivity index (χ4n) is 1.61. The maximum absolute atomic E-state index is 5.89. The van der Waals surface area contributed by atoms with Gasteiger partial charge >= 0.3 is 0 Å². The molecular formula is C10H14ClNO. The summed E-state index contributed by atoms with van der Waals surface area (Å²) in [6.07, 6.45) is 0. The quantitative estimate of drug-likeness (QED) is 0.745. The van der Waals surface area contributed by atoms with E-state index in [1.807, 2.05) is 18.2 Å². The van der Waals surface area contributed by atoms with Crippen molar-refractivity contribution >= 4 is 12.4 Å². The molecule has 1 fully saturated rings. The molecule has 1 aromatic rings. The second-order valence-corrected chi connectivity index (χ2v) is 3.22. The highest BCUT2D eigenvalue weighted by Gasteiger charge is 2.25. The third-order valence-electron chi connectivity index (χ3n) is 2.35. The Morgan fingerprint density at radius 1 is 1.15 bits per heavy atom. The van der Waals surface area contributed by atoms with Crippen LogP contribution in [0.1, 0.15) is 11.5 Å².